The molecule has 27 heavy (non-hydrogen) atoms. The Kier molecular flexibility index (Phi) is 6.54. The van der Waals surface area contributed by atoms with Crippen molar-refractivity contribution in [3.8, 4) is 0 Å². The second-order valence-electron chi connectivity index (χ2n) is 6.25. The lowest BCUT2D eigenvalue weighted by Crippen LogP contribution is -2.37. The van der Waals surface area contributed by atoms with Gasteiger partial charge in [-0.05, 0) is 29.0 Å². The maximum atomic E-state index is 12.2. The molecule has 0 aliphatic carbocycles. The maximum absolute atomic E-state index is 12.2. The highest BCUT2D eigenvalue weighted by Gasteiger charge is 2.19. The zero-order valence-corrected chi connectivity index (χ0v) is 15.7. The summed E-state index contributed by atoms with van der Waals surface area (Å²) in [4.78, 5) is 38.2. The van der Waals surface area contributed by atoms with Crippen LogP contribution >= 0.6 is 11.3 Å². The number of ether oxygens (including phenoxy) is 1. The first-order chi connectivity index (χ1) is 13.1. The van der Waals surface area contributed by atoms with Crippen molar-refractivity contribution >= 4 is 34.6 Å². The Labute approximate surface area is 162 Å². The largest absolute Gasteiger partial charge is 0.456 e. The van der Waals surface area contributed by atoms with E-state index < -0.39 is 5.97 Å². The number of ketones is 1. The molecule has 140 valence electrons. The Balaban J connectivity index is 1.40. The standard InChI is InChI=1S/C21H21NO4S/c23-18(19-7-4-14-27-19)8-9-21(25)26-15-20(24)22-12-10-17(11-13-22)16-5-2-1-3-6-16/h1-7,10,14H,8-9,11-13,15H2. The predicted octanol–water partition coefficient (Wildman–Crippen LogP) is 3.57. The minimum atomic E-state index is -0.522. The van der Waals surface area contributed by atoms with Crippen molar-refractivity contribution in [2.45, 2.75) is 19.3 Å². The highest BCUT2D eigenvalue weighted by Crippen LogP contribution is 2.22. The molecular weight excluding hydrogens is 362 g/mol. The molecule has 0 spiro atoms. The van der Waals surface area contributed by atoms with Crippen LogP contribution in [0, 0.1) is 0 Å². The molecule has 1 aromatic carbocycles. The van der Waals surface area contributed by atoms with Gasteiger partial charge < -0.3 is 9.64 Å². The first-order valence-electron chi connectivity index (χ1n) is 8.88. The van der Waals surface area contributed by atoms with Gasteiger partial charge in [-0.3, -0.25) is 14.4 Å². The normalized spacial score (nSPS) is 13.8. The molecular formula is C21H21NO4S. The van der Waals surface area contributed by atoms with Gasteiger partial charge in [0.15, 0.2) is 12.4 Å². The number of thiophene rings is 1. The van der Waals surface area contributed by atoms with E-state index >= 15 is 0 Å². The van der Waals surface area contributed by atoms with Crippen LogP contribution in [-0.2, 0) is 14.3 Å². The minimum Gasteiger partial charge on any atom is -0.456 e. The van der Waals surface area contributed by atoms with Crippen LogP contribution in [0.15, 0.2) is 53.9 Å². The molecule has 1 amide bonds. The number of rotatable bonds is 7. The van der Waals surface area contributed by atoms with E-state index in [-0.39, 0.29) is 31.1 Å². The van der Waals surface area contributed by atoms with Crippen LogP contribution in [0.25, 0.3) is 5.57 Å². The smallest absolute Gasteiger partial charge is 0.306 e. The van der Waals surface area contributed by atoms with Crippen LogP contribution < -0.4 is 0 Å². The highest BCUT2D eigenvalue weighted by molar-refractivity contribution is 7.12. The second kappa shape index (κ2) is 9.28. The Morgan fingerprint density at radius 3 is 2.52 bits per heavy atom. The second-order valence-corrected chi connectivity index (χ2v) is 7.19. The molecule has 3 rings (SSSR count). The monoisotopic (exact) mass is 383 g/mol. The van der Waals surface area contributed by atoms with Gasteiger partial charge in [-0.2, -0.15) is 0 Å². The number of carbonyl (C=O) groups is 3. The molecule has 0 fully saturated rings. The third-order valence-electron chi connectivity index (χ3n) is 4.42. The first-order valence-corrected chi connectivity index (χ1v) is 9.76. The molecule has 0 N–H and O–H groups in total. The highest BCUT2D eigenvalue weighted by atomic mass is 32.1. The molecule has 0 saturated carbocycles. The van der Waals surface area contributed by atoms with E-state index in [1.54, 1.807) is 17.0 Å². The van der Waals surface area contributed by atoms with Crippen LogP contribution in [-0.4, -0.2) is 42.3 Å². The number of carbonyl (C=O) groups excluding carboxylic acids is 3. The molecule has 2 aromatic rings. The summed E-state index contributed by atoms with van der Waals surface area (Å²) in [6.07, 6.45) is 2.90. The fraction of sp³-hybridized carbons (Fsp3) is 0.286. The van der Waals surface area contributed by atoms with Gasteiger partial charge in [0.1, 0.15) is 0 Å². The zero-order valence-electron chi connectivity index (χ0n) is 14.9. The van der Waals surface area contributed by atoms with Gasteiger partial charge >= 0.3 is 5.97 Å². The fourth-order valence-electron chi connectivity index (χ4n) is 2.89. The van der Waals surface area contributed by atoms with Crippen molar-refractivity contribution in [3.63, 3.8) is 0 Å². The number of esters is 1. The fourth-order valence-corrected chi connectivity index (χ4v) is 3.59. The molecule has 2 heterocycles. The van der Waals surface area contributed by atoms with Crippen LogP contribution in [0.1, 0.15) is 34.5 Å². The van der Waals surface area contributed by atoms with Crippen molar-refractivity contribution in [1.82, 2.24) is 4.90 Å². The summed E-state index contributed by atoms with van der Waals surface area (Å²) in [5.74, 6) is -0.815. The third-order valence-corrected chi connectivity index (χ3v) is 5.33. The van der Waals surface area contributed by atoms with Gasteiger partial charge in [0.2, 0.25) is 0 Å². The van der Waals surface area contributed by atoms with Gasteiger partial charge in [-0.25, -0.2) is 0 Å². The minimum absolute atomic E-state index is 0.0118. The maximum Gasteiger partial charge on any atom is 0.306 e. The lowest BCUT2D eigenvalue weighted by Gasteiger charge is -2.26. The van der Waals surface area contributed by atoms with Crippen molar-refractivity contribution < 1.29 is 19.1 Å². The van der Waals surface area contributed by atoms with Crippen LogP contribution in [0.4, 0.5) is 0 Å². The summed E-state index contributed by atoms with van der Waals surface area (Å²) < 4.78 is 5.04. The average Bonchev–Trinajstić information content (AvgIpc) is 3.26. The number of benzene rings is 1. The van der Waals surface area contributed by atoms with E-state index in [1.807, 2.05) is 29.7 Å². The molecule has 0 saturated heterocycles. The molecule has 1 aliphatic rings. The molecule has 0 radical (unpaired) electrons. The van der Waals surface area contributed by atoms with E-state index in [1.165, 1.54) is 22.5 Å². The zero-order chi connectivity index (χ0) is 19.1. The van der Waals surface area contributed by atoms with E-state index in [9.17, 15) is 14.4 Å². The Morgan fingerprint density at radius 2 is 1.85 bits per heavy atom. The van der Waals surface area contributed by atoms with Crippen LogP contribution in [0.5, 0.6) is 0 Å². The first kappa shape index (κ1) is 19.0. The van der Waals surface area contributed by atoms with Crippen LogP contribution in [0.3, 0.4) is 0 Å². The van der Waals surface area contributed by atoms with Gasteiger partial charge in [0.05, 0.1) is 11.3 Å². The number of hydrogen-bond acceptors (Lipinski definition) is 5. The Hall–Kier alpha value is -2.73. The lowest BCUT2D eigenvalue weighted by molar-refractivity contribution is -0.151. The molecule has 1 aromatic heterocycles. The summed E-state index contributed by atoms with van der Waals surface area (Å²) in [6, 6.07) is 13.6. The summed E-state index contributed by atoms with van der Waals surface area (Å²) in [6.45, 7) is 0.839. The number of hydrogen-bond donors (Lipinski definition) is 0. The lowest BCUT2D eigenvalue weighted by atomic mass is 10.00. The van der Waals surface area contributed by atoms with Crippen molar-refractivity contribution in [2.75, 3.05) is 19.7 Å². The van der Waals surface area contributed by atoms with E-state index in [2.05, 4.69) is 12.1 Å². The van der Waals surface area contributed by atoms with Gasteiger partial charge in [-0.15, -0.1) is 11.3 Å². The quantitative estimate of drug-likeness (QED) is 0.542. The summed E-state index contributed by atoms with van der Waals surface area (Å²) in [5.41, 5.74) is 2.40. The number of Topliss-reactive ketones (excluding diaryl/α,β-unsaturated/α-hetero) is 1. The van der Waals surface area contributed by atoms with Crippen molar-refractivity contribution in [3.05, 3.63) is 64.4 Å². The van der Waals surface area contributed by atoms with E-state index in [0.29, 0.717) is 18.0 Å². The third kappa shape index (κ3) is 5.37. The molecule has 0 bridgehead atoms. The Bertz CT molecular complexity index is 827. The number of nitrogens with zero attached hydrogens (tertiary/aromatic N) is 1. The summed E-state index contributed by atoms with van der Waals surface area (Å²) in [5, 5.41) is 1.82. The molecule has 0 atom stereocenters. The SMILES string of the molecule is O=C(CCC(=O)c1cccs1)OCC(=O)N1CC=C(c2ccccc2)CC1. The molecule has 0 unspecified atom stereocenters. The molecule has 6 heteroatoms. The van der Waals surface area contributed by atoms with Crippen LogP contribution in [0.2, 0.25) is 0 Å². The van der Waals surface area contributed by atoms with Gasteiger partial charge in [0.25, 0.3) is 5.91 Å². The topological polar surface area (TPSA) is 63.7 Å². The summed E-state index contributed by atoms with van der Waals surface area (Å²) in [7, 11) is 0. The van der Waals surface area contributed by atoms with Crippen molar-refractivity contribution in [2.24, 2.45) is 0 Å². The van der Waals surface area contributed by atoms with Gasteiger partial charge in [0, 0.05) is 19.5 Å². The molecule has 5 nitrogen and oxygen atoms in total. The van der Waals surface area contributed by atoms with E-state index in [0.717, 1.165) is 6.42 Å². The number of amides is 1. The Morgan fingerprint density at radius 1 is 1.04 bits per heavy atom. The molecule has 1 aliphatic heterocycles. The predicted molar refractivity (Wildman–Crippen MR) is 104 cm³/mol. The van der Waals surface area contributed by atoms with Gasteiger partial charge in [-0.1, -0.05) is 42.5 Å². The summed E-state index contributed by atoms with van der Waals surface area (Å²) >= 11 is 1.35. The van der Waals surface area contributed by atoms with Crippen molar-refractivity contribution in [1.29, 1.82) is 0 Å². The van der Waals surface area contributed by atoms with E-state index in [4.69, 9.17) is 4.74 Å². The average molecular weight is 383 g/mol.